The van der Waals surface area contributed by atoms with E-state index in [2.05, 4.69) is 5.43 Å². The number of benzene rings is 3. The molecule has 0 saturated carbocycles. The van der Waals surface area contributed by atoms with Crippen molar-refractivity contribution >= 4 is 23.6 Å². The molecular weight excluding hydrogens is 371 g/mol. The van der Waals surface area contributed by atoms with Gasteiger partial charge in [-0.2, -0.15) is 0 Å². The van der Waals surface area contributed by atoms with Gasteiger partial charge in [0.2, 0.25) is 0 Å². The van der Waals surface area contributed by atoms with Crippen LogP contribution in [0.1, 0.15) is 11.1 Å². The molecule has 0 radical (unpaired) electrons. The van der Waals surface area contributed by atoms with Gasteiger partial charge in [-0.05, 0) is 53.6 Å². The van der Waals surface area contributed by atoms with E-state index in [9.17, 15) is 14.0 Å². The summed E-state index contributed by atoms with van der Waals surface area (Å²) in [7, 11) is 0. The molecule has 0 aromatic heterocycles. The van der Waals surface area contributed by atoms with Gasteiger partial charge in [0.15, 0.2) is 0 Å². The highest BCUT2D eigenvalue weighted by Crippen LogP contribution is 2.22. The molecule has 0 unspecified atom stereocenters. The SMILES string of the molecule is O=C1NN(c2ccccc2)C(=O)C1=Cc1ccc(OCc2cccc(F)c2)cc1. The van der Waals surface area contributed by atoms with Gasteiger partial charge in [-0.1, -0.05) is 42.5 Å². The van der Waals surface area contributed by atoms with Crippen molar-refractivity contribution in [2.75, 3.05) is 5.01 Å². The Hall–Kier alpha value is -3.93. The molecule has 29 heavy (non-hydrogen) atoms. The van der Waals surface area contributed by atoms with Crippen molar-refractivity contribution < 1.29 is 18.7 Å². The minimum Gasteiger partial charge on any atom is -0.489 e. The third kappa shape index (κ3) is 4.16. The van der Waals surface area contributed by atoms with E-state index in [4.69, 9.17) is 4.74 Å². The molecule has 6 heteroatoms. The lowest BCUT2D eigenvalue weighted by Crippen LogP contribution is -2.35. The summed E-state index contributed by atoms with van der Waals surface area (Å²) < 4.78 is 18.9. The molecule has 144 valence electrons. The highest BCUT2D eigenvalue weighted by molar-refractivity contribution is 6.31. The van der Waals surface area contributed by atoms with Crippen molar-refractivity contribution in [3.63, 3.8) is 0 Å². The lowest BCUT2D eigenvalue weighted by molar-refractivity contribution is -0.117. The predicted molar refractivity (Wildman–Crippen MR) is 107 cm³/mol. The Kier molecular flexibility index (Phi) is 5.07. The van der Waals surface area contributed by atoms with Gasteiger partial charge >= 0.3 is 0 Å². The molecule has 4 rings (SSSR count). The second-order valence-corrected chi connectivity index (χ2v) is 6.46. The highest BCUT2D eigenvalue weighted by Gasteiger charge is 2.34. The smallest absolute Gasteiger partial charge is 0.282 e. The lowest BCUT2D eigenvalue weighted by Gasteiger charge is -2.13. The molecule has 0 spiro atoms. The Morgan fingerprint density at radius 1 is 0.931 bits per heavy atom. The van der Waals surface area contributed by atoms with Gasteiger partial charge in [0.05, 0.1) is 5.69 Å². The second kappa shape index (κ2) is 7.98. The van der Waals surface area contributed by atoms with E-state index < -0.39 is 11.8 Å². The number of carbonyl (C=O) groups is 2. The zero-order valence-electron chi connectivity index (χ0n) is 15.3. The number of halogens is 1. The number of carbonyl (C=O) groups excluding carboxylic acids is 2. The van der Waals surface area contributed by atoms with Gasteiger partial charge in [-0.3, -0.25) is 15.0 Å². The molecule has 3 aromatic carbocycles. The Bertz CT molecular complexity index is 1080. The van der Waals surface area contributed by atoms with Crippen LogP contribution in [-0.4, -0.2) is 11.8 Å². The second-order valence-electron chi connectivity index (χ2n) is 6.46. The average molecular weight is 388 g/mol. The maximum Gasteiger partial charge on any atom is 0.282 e. The van der Waals surface area contributed by atoms with Crippen LogP contribution < -0.4 is 15.2 Å². The largest absolute Gasteiger partial charge is 0.489 e. The standard InChI is InChI=1S/C23H17FN2O3/c24-18-6-4-5-17(13-18)15-29-20-11-9-16(10-12-20)14-21-22(27)25-26(23(21)28)19-7-2-1-3-8-19/h1-14H,15H2,(H,25,27). The van der Waals surface area contributed by atoms with E-state index in [0.717, 1.165) is 5.56 Å². The van der Waals surface area contributed by atoms with Crippen molar-refractivity contribution in [2.24, 2.45) is 0 Å². The minimum absolute atomic E-state index is 0.0577. The molecule has 3 aromatic rings. The van der Waals surface area contributed by atoms with Crippen molar-refractivity contribution in [1.29, 1.82) is 0 Å². The number of nitrogens with zero attached hydrogens (tertiary/aromatic N) is 1. The zero-order chi connectivity index (χ0) is 20.2. The molecular formula is C23H17FN2O3. The van der Waals surface area contributed by atoms with E-state index in [-0.39, 0.29) is 18.0 Å². The molecule has 1 fully saturated rings. The summed E-state index contributed by atoms with van der Waals surface area (Å²) in [5.74, 6) is -0.570. The van der Waals surface area contributed by atoms with Crippen LogP contribution in [0, 0.1) is 5.82 Å². The Balaban J connectivity index is 1.45. The van der Waals surface area contributed by atoms with Crippen molar-refractivity contribution in [2.45, 2.75) is 6.61 Å². The van der Waals surface area contributed by atoms with Crippen LogP contribution in [0.4, 0.5) is 10.1 Å². The molecule has 0 atom stereocenters. The first-order valence-electron chi connectivity index (χ1n) is 9.00. The first-order chi connectivity index (χ1) is 14.1. The average Bonchev–Trinajstić information content (AvgIpc) is 3.02. The summed E-state index contributed by atoms with van der Waals surface area (Å²) in [5.41, 5.74) is 4.63. The van der Waals surface area contributed by atoms with Gasteiger partial charge < -0.3 is 4.74 Å². The number of hydrazine groups is 1. The van der Waals surface area contributed by atoms with Crippen molar-refractivity contribution in [1.82, 2.24) is 5.43 Å². The summed E-state index contributed by atoms with van der Waals surface area (Å²) >= 11 is 0. The Morgan fingerprint density at radius 2 is 1.69 bits per heavy atom. The number of hydrogen-bond donors (Lipinski definition) is 1. The number of nitrogens with one attached hydrogen (secondary N) is 1. The first kappa shape index (κ1) is 18.4. The predicted octanol–water partition coefficient (Wildman–Crippen LogP) is 3.87. The van der Waals surface area contributed by atoms with Crippen LogP contribution in [0.15, 0.2) is 84.4 Å². The van der Waals surface area contributed by atoms with Crippen LogP contribution in [0.25, 0.3) is 6.08 Å². The molecule has 1 N–H and O–H groups in total. The number of rotatable bonds is 5. The topological polar surface area (TPSA) is 58.6 Å². The maximum absolute atomic E-state index is 13.2. The molecule has 1 aliphatic heterocycles. The number of hydrogen-bond acceptors (Lipinski definition) is 3. The van der Waals surface area contributed by atoms with E-state index >= 15 is 0 Å². The number of amides is 2. The molecule has 2 amide bonds. The van der Waals surface area contributed by atoms with Gasteiger partial charge in [-0.15, -0.1) is 0 Å². The third-order valence-electron chi connectivity index (χ3n) is 4.39. The summed E-state index contributed by atoms with van der Waals surface area (Å²) in [6, 6.07) is 22.1. The van der Waals surface area contributed by atoms with Crippen LogP contribution in [0.3, 0.4) is 0 Å². The normalized spacial score (nSPS) is 14.9. The monoisotopic (exact) mass is 388 g/mol. The first-order valence-corrected chi connectivity index (χ1v) is 9.00. The van der Waals surface area contributed by atoms with Crippen LogP contribution in [0.5, 0.6) is 5.75 Å². The third-order valence-corrected chi connectivity index (χ3v) is 4.39. The van der Waals surface area contributed by atoms with Gasteiger partial charge in [0, 0.05) is 0 Å². The van der Waals surface area contributed by atoms with Crippen molar-refractivity contribution in [3.8, 4) is 5.75 Å². The summed E-state index contributed by atoms with van der Waals surface area (Å²) in [5, 5.41) is 1.23. The molecule has 0 aliphatic carbocycles. The fourth-order valence-corrected chi connectivity index (χ4v) is 2.94. The summed E-state index contributed by atoms with van der Waals surface area (Å²) in [6.07, 6.45) is 1.54. The molecule has 1 heterocycles. The van der Waals surface area contributed by atoms with Crippen LogP contribution in [-0.2, 0) is 16.2 Å². The fourth-order valence-electron chi connectivity index (χ4n) is 2.94. The minimum atomic E-state index is -0.453. The van der Waals surface area contributed by atoms with Crippen LogP contribution >= 0.6 is 0 Å². The van der Waals surface area contributed by atoms with Gasteiger partial charge in [0.25, 0.3) is 11.8 Å². The molecule has 1 aliphatic rings. The van der Waals surface area contributed by atoms with Gasteiger partial charge in [0.1, 0.15) is 23.7 Å². The van der Waals surface area contributed by atoms with E-state index in [1.54, 1.807) is 60.7 Å². The van der Waals surface area contributed by atoms with Crippen LogP contribution in [0.2, 0.25) is 0 Å². The summed E-state index contributed by atoms with van der Waals surface area (Å²) in [4.78, 5) is 24.8. The van der Waals surface area contributed by atoms with Crippen molar-refractivity contribution in [3.05, 3.63) is 101 Å². The summed E-state index contributed by atoms with van der Waals surface area (Å²) in [6.45, 7) is 0.241. The molecule has 5 nitrogen and oxygen atoms in total. The van der Waals surface area contributed by atoms with E-state index in [1.165, 1.54) is 23.2 Å². The highest BCUT2D eigenvalue weighted by atomic mass is 19.1. The lowest BCUT2D eigenvalue weighted by atomic mass is 10.1. The number of para-hydroxylation sites is 1. The molecule has 1 saturated heterocycles. The maximum atomic E-state index is 13.2. The Morgan fingerprint density at radius 3 is 2.41 bits per heavy atom. The number of ether oxygens (including phenoxy) is 1. The van der Waals surface area contributed by atoms with Gasteiger partial charge in [-0.25, -0.2) is 9.40 Å². The fraction of sp³-hybridized carbons (Fsp3) is 0.0435. The zero-order valence-corrected chi connectivity index (χ0v) is 15.3. The quantitative estimate of drug-likeness (QED) is 0.533. The molecule has 0 bridgehead atoms. The number of anilines is 1. The van der Waals surface area contributed by atoms with E-state index in [1.807, 2.05) is 6.07 Å². The van der Waals surface area contributed by atoms with E-state index in [0.29, 0.717) is 17.0 Å². The Labute approximate surface area is 167 Å².